The molecule has 188 valence electrons. The topological polar surface area (TPSA) is 75.5 Å². The number of carbonyl (C=O) groups excluding carboxylic acids is 1. The summed E-state index contributed by atoms with van der Waals surface area (Å²) in [4.78, 5) is 12.6. The van der Waals surface area contributed by atoms with Crippen molar-refractivity contribution in [3.05, 3.63) is 88.0 Å². The maximum atomic E-state index is 12.6. The van der Waals surface area contributed by atoms with Crippen molar-refractivity contribution in [2.75, 3.05) is 13.7 Å². The van der Waals surface area contributed by atoms with Crippen LogP contribution in [-0.2, 0) is 34.5 Å². The predicted octanol–water partition coefficient (Wildman–Crippen LogP) is 5.40. The van der Waals surface area contributed by atoms with Gasteiger partial charge in [0.2, 0.25) is 0 Å². The molecule has 0 amide bonds. The monoisotopic (exact) mass is 487 g/mol. The Morgan fingerprint density at radius 3 is 2.53 bits per heavy atom. The Hall–Kier alpha value is -3.71. The van der Waals surface area contributed by atoms with Crippen LogP contribution in [0.2, 0.25) is 0 Å². The number of benzene rings is 3. The first-order valence-electron chi connectivity index (χ1n) is 12.2. The third kappa shape index (κ3) is 5.57. The average Bonchev–Trinajstić information content (AvgIpc) is 3.26. The van der Waals surface area contributed by atoms with Crippen LogP contribution in [0.5, 0.6) is 5.75 Å². The smallest absolute Gasteiger partial charge is 0.306 e. The quantitative estimate of drug-likeness (QED) is 0.279. The summed E-state index contributed by atoms with van der Waals surface area (Å²) in [6, 6.07) is 18.3. The van der Waals surface area contributed by atoms with Crippen LogP contribution in [0.3, 0.4) is 0 Å². The van der Waals surface area contributed by atoms with Crippen LogP contribution in [0.15, 0.2) is 54.6 Å². The lowest BCUT2D eigenvalue weighted by atomic mass is 9.84. The Morgan fingerprint density at radius 1 is 1.03 bits per heavy atom. The maximum Gasteiger partial charge on any atom is 0.306 e. The van der Waals surface area contributed by atoms with E-state index in [0.717, 1.165) is 50.2 Å². The number of esters is 1. The van der Waals surface area contributed by atoms with Gasteiger partial charge in [-0.3, -0.25) is 4.79 Å². The van der Waals surface area contributed by atoms with E-state index in [1.807, 2.05) is 51.2 Å². The van der Waals surface area contributed by atoms with E-state index in [0.29, 0.717) is 19.8 Å². The number of aryl methyl sites for hydroxylation is 3. The number of methoxy groups -OCH3 is 1. The van der Waals surface area contributed by atoms with Gasteiger partial charge in [0, 0.05) is 13.0 Å². The Balaban J connectivity index is 1.61. The summed E-state index contributed by atoms with van der Waals surface area (Å²) in [5.74, 6) is 0.431. The van der Waals surface area contributed by atoms with Crippen molar-refractivity contribution in [3.8, 4) is 5.75 Å². The molecule has 0 spiro atoms. The van der Waals surface area contributed by atoms with Crippen molar-refractivity contribution in [1.29, 1.82) is 0 Å². The molecule has 7 heteroatoms. The number of carbonyl (C=O) groups is 1. The molecule has 0 saturated carbocycles. The third-order valence-corrected chi connectivity index (χ3v) is 6.59. The maximum absolute atomic E-state index is 12.6. The van der Waals surface area contributed by atoms with E-state index in [9.17, 15) is 4.79 Å². The minimum Gasteiger partial charge on any atom is -0.497 e. The van der Waals surface area contributed by atoms with Crippen molar-refractivity contribution in [2.45, 2.75) is 46.3 Å². The van der Waals surface area contributed by atoms with Crippen molar-refractivity contribution in [2.24, 2.45) is 7.05 Å². The van der Waals surface area contributed by atoms with E-state index >= 15 is 0 Å². The van der Waals surface area contributed by atoms with Gasteiger partial charge in [-0.25, -0.2) is 4.68 Å². The molecule has 1 aromatic heterocycles. The fourth-order valence-electron chi connectivity index (χ4n) is 4.48. The van der Waals surface area contributed by atoms with Crippen molar-refractivity contribution < 1.29 is 19.0 Å². The SMILES string of the molecule is CCOC(=O)C[C@H](c1ccc(C)c(COCc2ccc(OC)cc2)c1)c1ccc2c(nnn2C)c1C. The molecule has 0 radical (unpaired) electrons. The second-order valence-corrected chi connectivity index (χ2v) is 8.95. The lowest BCUT2D eigenvalue weighted by Gasteiger charge is -2.21. The third-order valence-electron chi connectivity index (χ3n) is 6.59. The highest BCUT2D eigenvalue weighted by Crippen LogP contribution is 2.34. The minimum absolute atomic E-state index is 0.170. The zero-order valence-electron chi connectivity index (χ0n) is 21.6. The van der Waals surface area contributed by atoms with E-state index in [2.05, 4.69) is 41.5 Å². The number of rotatable bonds is 10. The molecule has 0 aliphatic heterocycles. The standard InChI is InChI=1S/C29H33N3O4/c1-6-36-28(33)16-26(25-13-14-27-29(20(25)3)30-31-32(27)4)22-10-7-19(2)23(15-22)18-35-17-21-8-11-24(34-5)12-9-21/h7-15,26H,6,16-18H2,1-5H3/t26-/m1/s1. The van der Waals surface area contributed by atoms with Gasteiger partial charge in [-0.15, -0.1) is 5.10 Å². The number of hydrogen-bond donors (Lipinski definition) is 0. The van der Waals surface area contributed by atoms with Crippen LogP contribution in [0.1, 0.15) is 52.6 Å². The first-order valence-corrected chi connectivity index (χ1v) is 12.2. The van der Waals surface area contributed by atoms with Gasteiger partial charge in [-0.1, -0.05) is 41.6 Å². The summed E-state index contributed by atoms with van der Waals surface area (Å²) in [5, 5.41) is 8.52. The van der Waals surface area contributed by atoms with Crippen molar-refractivity contribution in [3.63, 3.8) is 0 Å². The minimum atomic E-state index is -0.223. The summed E-state index contributed by atoms with van der Waals surface area (Å²) in [5.41, 5.74) is 8.23. The fraction of sp³-hybridized carbons (Fsp3) is 0.345. The molecule has 0 saturated heterocycles. The van der Waals surface area contributed by atoms with Crippen LogP contribution in [0.4, 0.5) is 0 Å². The van der Waals surface area contributed by atoms with Gasteiger partial charge >= 0.3 is 5.97 Å². The molecule has 0 aliphatic carbocycles. The average molecular weight is 488 g/mol. The highest BCUT2D eigenvalue weighted by Gasteiger charge is 2.23. The van der Waals surface area contributed by atoms with E-state index in [1.54, 1.807) is 11.8 Å². The summed E-state index contributed by atoms with van der Waals surface area (Å²) < 4.78 is 18.4. The van der Waals surface area contributed by atoms with E-state index in [1.165, 1.54) is 0 Å². The molecular weight excluding hydrogens is 454 g/mol. The molecule has 1 heterocycles. The summed E-state index contributed by atoms with van der Waals surface area (Å²) in [6.07, 6.45) is 0.246. The zero-order valence-corrected chi connectivity index (χ0v) is 21.6. The van der Waals surface area contributed by atoms with Crippen LogP contribution in [-0.4, -0.2) is 34.7 Å². The van der Waals surface area contributed by atoms with Crippen LogP contribution in [0, 0.1) is 13.8 Å². The number of hydrogen-bond acceptors (Lipinski definition) is 6. The van der Waals surface area contributed by atoms with Crippen LogP contribution < -0.4 is 4.74 Å². The second-order valence-electron chi connectivity index (χ2n) is 8.95. The van der Waals surface area contributed by atoms with Gasteiger partial charge in [0.05, 0.1) is 38.9 Å². The lowest BCUT2D eigenvalue weighted by molar-refractivity contribution is -0.143. The normalized spacial score (nSPS) is 12.0. The number of nitrogens with zero attached hydrogens (tertiary/aromatic N) is 3. The van der Waals surface area contributed by atoms with Gasteiger partial charge < -0.3 is 14.2 Å². The molecule has 1 atom stereocenters. The predicted molar refractivity (Wildman–Crippen MR) is 139 cm³/mol. The van der Waals surface area contributed by atoms with Crippen LogP contribution >= 0.6 is 0 Å². The number of ether oxygens (including phenoxy) is 3. The van der Waals surface area contributed by atoms with Gasteiger partial charge in [0.25, 0.3) is 0 Å². The second kappa shape index (κ2) is 11.4. The Kier molecular flexibility index (Phi) is 8.00. The van der Waals surface area contributed by atoms with Crippen molar-refractivity contribution >= 4 is 17.0 Å². The number of aromatic nitrogens is 3. The van der Waals surface area contributed by atoms with Gasteiger partial charge in [0.1, 0.15) is 11.3 Å². The van der Waals surface area contributed by atoms with Gasteiger partial charge in [-0.2, -0.15) is 0 Å². The Labute approximate surface area is 212 Å². The first kappa shape index (κ1) is 25.4. The Morgan fingerprint density at radius 2 is 1.81 bits per heavy atom. The molecule has 0 aliphatic rings. The fourth-order valence-corrected chi connectivity index (χ4v) is 4.48. The van der Waals surface area contributed by atoms with Gasteiger partial charge in [0.15, 0.2) is 0 Å². The zero-order chi connectivity index (χ0) is 25.7. The molecule has 4 aromatic rings. The summed E-state index contributed by atoms with van der Waals surface area (Å²) in [6.45, 7) is 7.27. The summed E-state index contributed by atoms with van der Waals surface area (Å²) in [7, 11) is 3.53. The van der Waals surface area contributed by atoms with E-state index in [4.69, 9.17) is 14.2 Å². The van der Waals surface area contributed by atoms with E-state index < -0.39 is 0 Å². The highest BCUT2D eigenvalue weighted by molar-refractivity contribution is 5.80. The van der Waals surface area contributed by atoms with Gasteiger partial charge in [-0.05, 0) is 72.4 Å². The number of fused-ring (bicyclic) bond motifs is 1. The molecule has 3 aromatic carbocycles. The van der Waals surface area contributed by atoms with E-state index in [-0.39, 0.29) is 18.3 Å². The molecule has 4 rings (SSSR count). The highest BCUT2D eigenvalue weighted by atomic mass is 16.5. The van der Waals surface area contributed by atoms with Crippen LogP contribution in [0.25, 0.3) is 11.0 Å². The Bertz CT molecular complexity index is 1340. The summed E-state index contributed by atoms with van der Waals surface area (Å²) >= 11 is 0. The van der Waals surface area contributed by atoms with Crippen molar-refractivity contribution in [1.82, 2.24) is 15.0 Å². The molecule has 0 unspecified atom stereocenters. The molecule has 0 fully saturated rings. The largest absolute Gasteiger partial charge is 0.497 e. The molecule has 36 heavy (non-hydrogen) atoms. The molecule has 7 nitrogen and oxygen atoms in total. The molecule has 0 N–H and O–H groups in total. The molecule has 0 bridgehead atoms. The first-order chi connectivity index (χ1) is 17.4. The lowest BCUT2D eigenvalue weighted by Crippen LogP contribution is -2.13. The molecular formula is C29H33N3O4.